The molecule has 0 unspecified atom stereocenters. The van der Waals surface area contributed by atoms with Crippen molar-refractivity contribution in [2.45, 2.75) is 51.8 Å². The second-order valence-corrected chi connectivity index (χ2v) is 8.42. The van der Waals surface area contributed by atoms with Crippen molar-refractivity contribution < 1.29 is 14.3 Å². The van der Waals surface area contributed by atoms with Crippen molar-refractivity contribution >= 4 is 33.6 Å². The van der Waals surface area contributed by atoms with Gasteiger partial charge in [0.1, 0.15) is 16.3 Å². The van der Waals surface area contributed by atoms with Crippen molar-refractivity contribution in [3.05, 3.63) is 28.1 Å². The molecule has 1 aliphatic heterocycles. The van der Waals surface area contributed by atoms with E-state index in [1.807, 2.05) is 5.38 Å². The number of amides is 2. The topological polar surface area (TPSA) is 93.5 Å². The van der Waals surface area contributed by atoms with Crippen LogP contribution < -0.4 is 10.9 Å². The Labute approximate surface area is 161 Å². The Morgan fingerprint density at radius 3 is 2.93 bits per heavy atom. The van der Waals surface area contributed by atoms with Gasteiger partial charge in [0.15, 0.2) is 0 Å². The summed E-state index contributed by atoms with van der Waals surface area (Å²) >= 11 is 1.35. The second kappa shape index (κ2) is 7.67. The first-order chi connectivity index (χ1) is 12.8. The molecular formula is C18H24N4O4S. The molecule has 3 heterocycles. The minimum Gasteiger partial charge on any atom is -0.444 e. The van der Waals surface area contributed by atoms with Crippen LogP contribution in [-0.2, 0) is 16.1 Å². The molecule has 146 valence electrons. The molecule has 9 heteroatoms. The van der Waals surface area contributed by atoms with Crippen LogP contribution in [-0.4, -0.2) is 51.2 Å². The molecule has 2 aromatic heterocycles. The van der Waals surface area contributed by atoms with Crippen LogP contribution in [0.2, 0.25) is 0 Å². The van der Waals surface area contributed by atoms with E-state index in [0.29, 0.717) is 29.7 Å². The van der Waals surface area contributed by atoms with Gasteiger partial charge >= 0.3 is 6.09 Å². The molecule has 0 bridgehead atoms. The number of rotatable bonds is 4. The molecule has 0 aliphatic carbocycles. The summed E-state index contributed by atoms with van der Waals surface area (Å²) < 4.78 is 7.47. The van der Waals surface area contributed by atoms with E-state index in [9.17, 15) is 14.4 Å². The third-order valence-corrected chi connectivity index (χ3v) is 5.16. The zero-order valence-electron chi connectivity index (χ0n) is 15.7. The molecule has 1 N–H and O–H groups in total. The molecule has 1 atom stereocenters. The summed E-state index contributed by atoms with van der Waals surface area (Å²) in [6.45, 7) is 6.51. The van der Waals surface area contributed by atoms with Crippen LogP contribution >= 0.6 is 11.3 Å². The maximum absolute atomic E-state index is 12.5. The molecule has 0 radical (unpaired) electrons. The van der Waals surface area contributed by atoms with Gasteiger partial charge in [0.05, 0.1) is 11.8 Å². The molecule has 0 spiro atoms. The van der Waals surface area contributed by atoms with E-state index in [1.54, 1.807) is 26.8 Å². The highest BCUT2D eigenvalue weighted by Crippen LogP contribution is 2.21. The monoisotopic (exact) mass is 392 g/mol. The van der Waals surface area contributed by atoms with Crippen LogP contribution in [0.25, 0.3) is 10.2 Å². The normalized spacial score (nSPS) is 17.3. The molecule has 0 saturated carbocycles. The van der Waals surface area contributed by atoms with Crippen LogP contribution in [0.4, 0.5) is 4.79 Å². The Bertz CT molecular complexity index is 899. The Morgan fingerprint density at radius 2 is 2.19 bits per heavy atom. The van der Waals surface area contributed by atoms with Crippen LogP contribution in [0.5, 0.6) is 0 Å². The average molecular weight is 392 g/mol. The first-order valence-electron chi connectivity index (χ1n) is 8.96. The van der Waals surface area contributed by atoms with Gasteiger partial charge in [-0.3, -0.25) is 19.1 Å². The number of aromatic nitrogens is 2. The molecule has 27 heavy (non-hydrogen) atoms. The van der Waals surface area contributed by atoms with Gasteiger partial charge in [0.25, 0.3) is 5.56 Å². The van der Waals surface area contributed by atoms with E-state index in [1.165, 1.54) is 27.1 Å². The smallest absolute Gasteiger partial charge is 0.410 e. The number of ether oxygens (including phenoxy) is 1. The van der Waals surface area contributed by atoms with Gasteiger partial charge in [-0.25, -0.2) is 9.78 Å². The summed E-state index contributed by atoms with van der Waals surface area (Å²) in [5.41, 5.74) is -0.0280. The van der Waals surface area contributed by atoms with E-state index in [2.05, 4.69) is 10.3 Å². The van der Waals surface area contributed by atoms with Crippen LogP contribution in [0.3, 0.4) is 0 Å². The zero-order valence-corrected chi connectivity index (χ0v) is 16.5. The number of fused-ring (bicyclic) bond motifs is 1. The lowest BCUT2D eigenvalue weighted by atomic mass is 10.2. The average Bonchev–Trinajstić information content (AvgIpc) is 3.24. The van der Waals surface area contributed by atoms with Crippen LogP contribution in [0.15, 0.2) is 22.6 Å². The Kier molecular flexibility index (Phi) is 5.50. The first kappa shape index (κ1) is 19.3. The quantitative estimate of drug-likeness (QED) is 0.859. The Hall–Kier alpha value is -2.42. The largest absolute Gasteiger partial charge is 0.444 e. The summed E-state index contributed by atoms with van der Waals surface area (Å²) in [5, 5.41) is 4.65. The van der Waals surface area contributed by atoms with Gasteiger partial charge in [0.2, 0.25) is 5.91 Å². The number of carbonyl (C=O) groups is 2. The van der Waals surface area contributed by atoms with Gasteiger partial charge in [-0.15, -0.1) is 11.3 Å². The number of likely N-dealkylation sites (tertiary alicyclic amines) is 1. The fourth-order valence-corrected chi connectivity index (χ4v) is 3.83. The van der Waals surface area contributed by atoms with Crippen LogP contribution in [0, 0.1) is 0 Å². The summed E-state index contributed by atoms with van der Waals surface area (Å²) in [6, 6.07) is 1.27. The van der Waals surface area contributed by atoms with Crippen molar-refractivity contribution in [1.29, 1.82) is 0 Å². The predicted octanol–water partition coefficient (Wildman–Crippen LogP) is 1.97. The predicted molar refractivity (Wildman–Crippen MR) is 103 cm³/mol. The van der Waals surface area contributed by atoms with Crippen molar-refractivity contribution in [3.8, 4) is 0 Å². The molecule has 3 rings (SSSR count). The summed E-state index contributed by atoms with van der Waals surface area (Å²) in [7, 11) is 0. The third-order valence-electron chi connectivity index (χ3n) is 4.27. The van der Waals surface area contributed by atoms with Gasteiger partial charge in [0, 0.05) is 19.6 Å². The Morgan fingerprint density at radius 1 is 1.41 bits per heavy atom. The number of hydrogen-bond acceptors (Lipinski definition) is 6. The highest BCUT2D eigenvalue weighted by Gasteiger charge is 2.36. The maximum atomic E-state index is 12.5. The molecule has 1 saturated heterocycles. The number of carbonyl (C=O) groups excluding carboxylic acids is 2. The number of thiophene rings is 1. The number of nitrogens with one attached hydrogen (secondary N) is 1. The molecule has 0 aromatic carbocycles. The fraction of sp³-hybridized carbons (Fsp3) is 0.556. The van der Waals surface area contributed by atoms with E-state index in [0.717, 1.165) is 6.42 Å². The standard InChI is InChI=1S/C18H24N4O4S/c1-18(2,3)26-17(25)22-8-4-5-13(22)15(23)19-7-9-21-11-20-12-6-10-27-14(12)16(21)24/h6,10-11,13H,4-5,7-9H2,1-3H3,(H,19,23)/t13-/m0/s1. The summed E-state index contributed by atoms with van der Waals surface area (Å²) in [4.78, 5) is 42.9. The van der Waals surface area contributed by atoms with Crippen LogP contribution in [0.1, 0.15) is 33.6 Å². The molecule has 2 aromatic rings. The van der Waals surface area contributed by atoms with E-state index < -0.39 is 17.7 Å². The SMILES string of the molecule is CC(C)(C)OC(=O)N1CCC[C@H]1C(=O)NCCn1cnc2ccsc2c1=O. The van der Waals surface area contributed by atoms with Crippen molar-refractivity contribution in [1.82, 2.24) is 19.8 Å². The number of hydrogen-bond donors (Lipinski definition) is 1. The lowest BCUT2D eigenvalue weighted by Crippen LogP contribution is -2.48. The van der Waals surface area contributed by atoms with E-state index in [4.69, 9.17) is 4.74 Å². The summed E-state index contributed by atoms with van der Waals surface area (Å²) in [6.07, 6.45) is 2.39. The third kappa shape index (κ3) is 4.47. The van der Waals surface area contributed by atoms with Gasteiger partial charge in [-0.1, -0.05) is 0 Å². The van der Waals surface area contributed by atoms with E-state index in [-0.39, 0.29) is 18.0 Å². The maximum Gasteiger partial charge on any atom is 0.410 e. The molecular weight excluding hydrogens is 368 g/mol. The molecule has 1 fully saturated rings. The molecule has 2 amide bonds. The van der Waals surface area contributed by atoms with Gasteiger partial charge < -0.3 is 10.1 Å². The number of nitrogens with zero attached hydrogens (tertiary/aromatic N) is 3. The van der Waals surface area contributed by atoms with Crippen molar-refractivity contribution in [2.75, 3.05) is 13.1 Å². The molecule has 8 nitrogen and oxygen atoms in total. The highest BCUT2D eigenvalue weighted by atomic mass is 32.1. The fourth-order valence-electron chi connectivity index (χ4n) is 3.03. The Balaban J connectivity index is 1.57. The zero-order chi connectivity index (χ0) is 19.6. The van der Waals surface area contributed by atoms with E-state index >= 15 is 0 Å². The lowest BCUT2D eigenvalue weighted by molar-refractivity contribution is -0.125. The van der Waals surface area contributed by atoms with Crippen molar-refractivity contribution in [2.24, 2.45) is 0 Å². The minimum atomic E-state index is -0.602. The van der Waals surface area contributed by atoms with Gasteiger partial charge in [-0.05, 0) is 45.1 Å². The highest BCUT2D eigenvalue weighted by molar-refractivity contribution is 7.17. The first-order valence-corrected chi connectivity index (χ1v) is 9.84. The summed E-state index contributed by atoms with van der Waals surface area (Å²) in [5.74, 6) is -0.225. The van der Waals surface area contributed by atoms with Gasteiger partial charge in [-0.2, -0.15) is 0 Å². The second-order valence-electron chi connectivity index (χ2n) is 7.50. The lowest BCUT2D eigenvalue weighted by Gasteiger charge is -2.28. The minimum absolute atomic E-state index is 0.111. The van der Waals surface area contributed by atoms with Crippen molar-refractivity contribution in [3.63, 3.8) is 0 Å². The molecule has 1 aliphatic rings.